The Morgan fingerprint density at radius 1 is 0.975 bits per heavy atom. The Morgan fingerprint density at radius 3 is 2.35 bits per heavy atom. The third kappa shape index (κ3) is 4.20. The smallest absolute Gasteiger partial charge is 0.271 e. The summed E-state index contributed by atoms with van der Waals surface area (Å²) < 4.78 is 1.83. The van der Waals surface area contributed by atoms with Crippen LogP contribution in [0.1, 0.15) is 37.9 Å². The van der Waals surface area contributed by atoms with Crippen molar-refractivity contribution in [1.82, 2.24) is 4.57 Å². The van der Waals surface area contributed by atoms with Crippen molar-refractivity contribution in [2.24, 2.45) is 4.99 Å². The standard InChI is InChI=1S/C31H25ClN4O3S/c1-17(2)35-23-12-8-7-11-22(23)25(29(35)38)27-30(39)36-26(19-13-15-20(32)16-14-19)24(18(3)33-31(36)40-27)28(37)34-21-9-5-4-6-10-21/h4-17,26H,1-3H3,(H,34,37)/b27-25+/t26-/m1/s1. The average Bonchev–Trinajstić information content (AvgIpc) is 3.41. The zero-order valence-electron chi connectivity index (χ0n) is 22.0. The molecule has 0 saturated carbocycles. The van der Waals surface area contributed by atoms with Gasteiger partial charge in [-0.25, -0.2) is 4.99 Å². The number of nitrogens with one attached hydrogen (secondary N) is 1. The van der Waals surface area contributed by atoms with Gasteiger partial charge in [-0.1, -0.05) is 71.5 Å². The van der Waals surface area contributed by atoms with Crippen LogP contribution in [0.3, 0.4) is 0 Å². The molecule has 1 N–H and O–H groups in total. The Kier molecular flexibility index (Phi) is 6.52. The van der Waals surface area contributed by atoms with Gasteiger partial charge in [-0.3, -0.25) is 19.0 Å². The van der Waals surface area contributed by atoms with Gasteiger partial charge in [0.25, 0.3) is 17.4 Å². The molecule has 0 saturated heterocycles. The topological polar surface area (TPSA) is 83.8 Å². The van der Waals surface area contributed by atoms with Gasteiger partial charge in [0.05, 0.1) is 28.6 Å². The Morgan fingerprint density at radius 2 is 1.65 bits per heavy atom. The van der Waals surface area contributed by atoms with E-state index in [1.54, 1.807) is 48.2 Å². The number of rotatable bonds is 4. The molecule has 0 fully saturated rings. The molecule has 9 heteroatoms. The number of carbonyl (C=O) groups excluding carboxylic acids is 2. The van der Waals surface area contributed by atoms with E-state index in [0.29, 0.717) is 48.0 Å². The summed E-state index contributed by atoms with van der Waals surface area (Å²) in [5.41, 5.74) is 3.65. The number of hydrogen-bond acceptors (Lipinski definition) is 5. The van der Waals surface area contributed by atoms with Crippen molar-refractivity contribution in [2.45, 2.75) is 32.9 Å². The first kappa shape index (κ1) is 26.0. The Bertz CT molecular complexity index is 1890. The summed E-state index contributed by atoms with van der Waals surface area (Å²) in [6, 6.07) is 22.8. The molecule has 2 amide bonds. The average molecular weight is 569 g/mol. The van der Waals surface area contributed by atoms with Crippen molar-refractivity contribution < 1.29 is 9.59 Å². The summed E-state index contributed by atoms with van der Waals surface area (Å²) in [7, 11) is 0. The number of nitrogens with zero attached hydrogens (tertiary/aromatic N) is 3. The number of anilines is 2. The van der Waals surface area contributed by atoms with Crippen LogP contribution in [0, 0.1) is 0 Å². The van der Waals surface area contributed by atoms with Gasteiger partial charge >= 0.3 is 0 Å². The normalized spacial score (nSPS) is 17.6. The van der Waals surface area contributed by atoms with E-state index in [0.717, 1.165) is 5.69 Å². The van der Waals surface area contributed by atoms with E-state index in [1.807, 2.05) is 56.3 Å². The number of allylic oxidation sites excluding steroid dienone is 1. The molecule has 3 heterocycles. The van der Waals surface area contributed by atoms with Gasteiger partial charge in [0, 0.05) is 22.3 Å². The van der Waals surface area contributed by atoms with Crippen molar-refractivity contribution >= 4 is 51.7 Å². The highest BCUT2D eigenvalue weighted by Crippen LogP contribution is 2.37. The predicted octanol–water partition coefficient (Wildman–Crippen LogP) is 4.65. The lowest BCUT2D eigenvalue weighted by Gasteiger charge is -2.25. The van der Waals surface area contributed by atoms with E-state index in [1.165, 1.54) is 15.9 Å². The maximum atomic E-state index is 14.3. The molecule has 0 bridgehead atoms. The first-order valence-corrected chi connectivity index (χ1v) is 14.1. The summed E-state index contributed by atoms with van der Waals surface area (Å²) in [5.74, 6) is -0.583. The van der Waals surface area contributed by atoms with Crippen LogP contribution in [0.4, 0.5) is 11.4 Å². The van der Waals surface area contributed by atoms with Gasteiger partial charge < -0.3 is 10.2 Å². The van der Waals surface area contributed by atoms with E-state index < -0.39 is 6.04 Å². The highest BCUT2D eigenvalue weighted by molar-refractivity contribution is 7.07. The lowest BCUT2D eigenvalue weighted by Crippen LogP contribution is -2.41. The minimum Gasteiger partial charge on any atom is -0.322 e. The van der Waals surface area contributed by atoms with Crippen molar-refractivity contribution in [3.63, 3.8) is 0 Å². The third-order valence-corrected chi connectivity index (χ3v) is 8.37. The molecule has 7 nitrogen and oxygen atoms in total. The molecule has 3 aromatic carbocycles. The first-order chi connectivity index (χ1) is 19.3. The van der Waals surface area contributed by atoms with Crippen molar-refractivity contribution in [3.8, 4) is 0 Å². The minimum absolute atomic E-state index is 0.0906. The number of halogens is 1. The van der Waals surface area contributed by atoms with Crippen molar-refractivity contribution in [2.75, 3.05) is 10.2 Å². The second-order valence-electron chi connectivity index (χ2n) is 9.94. The predicted molar refractivity (Wildman–Crippen MR) is 158 cm³/mol. The summed E-state index contributed by atoms with van der Waals surface area (Å²) in [6.07, 6.45) is 0. The van der Waals surface area contributed by atoms with Gasteiger partial charge in [-0.15, -0.1) is 0 Å². The number of fused-ring (bicyclic) bond motifs is 2. The molecule has 0 unspecified atom stereocenters. The van der Waals surface area contributed by atoms with E-state index >= 15 is 0 Å². The van der Waals surface area contributed by atoms with Gasteiger partial charge in [0.2, 0.25) is 0 Å². The number of carbonyl (C=O) groups is 2. The molecular weight excluding hydrogens is 544 g/mol. The molecule has 2 aliphatic rings. The zero-order chi connectivity index (χ0) is 28.1. The second kappa shape index (κ2) is 10.0. The lowest BCUT2D eigenvalue weighted by molar-refractivity contribution is -0.114. The van der Waals surface area contributed by atoms with Crippen LogP contribution in [0.2, 0.25) is 5.02 Å². The quantitative estimate of drug-likeness (QED) is 0.389. The van der Waals surface area contributed by atoms with Crippen LogP contribution in [-0.2, 0) is 9.59 Å². The highest BCUT2D eigenvalue weighted by atomic mass is 35.5. The number of benzene rings is 3. The molecule has 1 atom stereocenters. The number of thiazole rings is 1. The summed E-state index contributed by atoms with van der Waals surface area (Å²) in [6.45, 7) is 5.65. The second-order valence-corrected chi connectivity index (χ2v) is 11.3. The zero-order valence-corrected chi connectivity index (χ0v) is 23.6. The number of aromatic nitrogens is 1. The molecule has 6 rings (SSSR count). The highest BCUT2D eigenvalue weighted by Gasteiger charge is 2.37. The maximum absolute atomic E-state index is 14.3. The monoisotopic (exact) mass is 568 g/mol. The summed E-state index contributed by atoms with van der Waals surface area (Å²) in [4.78, 5) is 48.5. The van der Waals surface area contributed by atoms with E-state index in [4.69, 9.17) is 16.6 Å². The Balaban J connectivity index is 1.59. The molecule has 4 aromatic rings. The molecule has 2 aliphatic heterocycles. The summed E-state index contributed by atoms with van der Waals surface area (Å²) >= 11 is 7.36. The molecule has 1 aromatic heterocycles. The van der Waals surface area contributed by atoms with Crippen LogP contribution in [0.5, 0.6) is 0 Å². The fraction of sp³-hybridized carbons (Fsp3) is 0.161. The fourth-order valence-electron chi connectivity index (χ4n) is 5.31. The molecule has 200 valence electrons. The molecular formula is C31H25ClN4O3S. The number of amides is 2. The van der Waals surface area contributed by atoms with Crippen LogP contribution >= 0.6 is 22.9 Å². The number of hydrogen-bond donors (Lipinski definition) is 1. The van der Waals surface area contributed by atoms with E-state index in [9.17, 15) is 14.4 Å². The van der Waals surface area contributed by atoms with E-state index in [-0.39, 0.29) is 23.4 Å². The number of para-hydroxylation sites is 2. The van der Waals surface area contributed by atoms with Gasteiger partial charge in [-0.2, -0.15) is 0 Å². The van der Waals surface area contributed by atoms with Crippen molar-refractivity contribution in [3.05, 3.63) is 126 Å². The van der Waals surface area contributed by atoms with E-state index in [2.05, 4.69) is 5.32 Å². The molecule has 0 radical (unpaired) electrons. The minimum atomic E-state index is -0.764. The van der Waals surface area contributed by atoms with Crippen LogP contribution < -0.4 is 25.1 Å². The van der Waals surface area contributed by atoms with Gasteiger partial charge in [-0.05, 0) is 56.7 Å². The van der Waals surface area contributed by atoms with Crippen molar-refractivity contribution in [1.29, 1.82) is 0 Å². The summed E-state index contributed by atoms with van der Waals surface area (Å²) in [5, 5.41) is 3.48. The molecule has 40 heavy (non-hydrogen) atoms. The van der Waals surface area contributed by atoms with Crippen LogP contribution in [0.15, 0.2) is 99.9 Å². The lowest BCUT2D eigenvalue weighted by atomic mass is 9.95. The Hall–Kier alpha value is -4.27. The Labute approximate surface area is 239 Å². The maximum Gasteiger partial charge on any atom is 0.271 e. The largest absolute Gasteiger partial charge is 0.322 e. The SMILES string of the molecule is CC1=C(C(=O)Nc2ccccc2)[C@@H](c2ccc(Cl)cc2)n2c(s/c(=C3/C(=O)N(C(C)C)c4ccccc43)c2=O)=N1. The molecule has 0 spiro atoms. The van der Waals surface area contributed by atoms with Gasteiger partial charge in [0.15, 0.2) is 4.80 Å². The third-order valence-electron chi connectivity index (χ3n) is 7.07. The van der Waals surface area contributed by atoms with Gasteiger partial charge in [0.1, 0.15) is 4.53 Å². The molecule has 0 aliphatic carbocycles. The first-order valence-electron chi connectivity index (χ1n) is 12.9. The van der Waals surface area contributed by atoms with Crippen LogP contribution in [-0.4, -0.2) is 22.4 Å². The van der Waals surface area contributed by atoms with Crippen LogP contribution in [0.25, 0.3) is 5.57 Å². The fourth-order valence-corrected chi connectivity index (χ4v) is 6.58.